The first kappa shape index (κ1) is 13.6. The zero-order valence-corrected chi connectivity index (χ0v) is 12.2. The largest absolute Gasteiger partial charge is 0.314 e. The number of nitrogens with one attached hydrogen (secondary N) is 1. The second kappa shape index (κ2) is 5.43. The first-order chi connectivity index (χ1) is 8.61. The van der Waals surface area contributed by atoms with Gasteiger partial charge < -0.3 is 5.32 Å². The lowest BCUT2D eigenvalue weighted by Crippen LogP contribution is -2.36. The lowest BCUT2D eigenvalue weighted by Gasteiger charge is -2.23. The van der Waals surface area contributed by atoms with Gasteiger partial charge in [-0.3, -0.25) is 4.68 Å². The molecule has 3 nitrogen and oxygen atoms in total. The molecule has 0 aromatic carbocycles. The Morgan fingerprint density at radius 3 is 2.67 bits per heavy atom. The maximum absolute atomic E-state index is 4.74. The van der Waals surface area contributed by atoms with Gasteiger partial charge in [0.2, 0.25) is 0 Å². The highest BCUT2D eigenvalue weighted by molar-refractivity contribution is 5.11. The van der Waals surface area contributed by atoms with Crippen molar-refractivity contribution < 1.29 is 0 Å². The highest BCUT2D eigenvalue weighted by Gasteiger charge is 2.47. The highest BCUT2D eigenvalue weighted by Crippen LogP contribution is 2.51. The van der Waals surface area contributed by atoms with Crippen LogP contribution in [0.1, 0.15) is 58.7 Å². The van der Waals surface area contributed by atoms with Crippen molar-refractivity contribution in [2.45, 2.75) is 65.5 Å². The molecule has 102 valence electrons. The predicted octanol–water partition coefficient (Wildman–Crippen LogP) is 3.17. The summed E-state index contributed by atoms with van der Waals surface area (Å²) >= 11 is 0. The molecule has 1 aromatic rings. The fourth-order valence-corrected chi connectivity index (χ4v) is 2.71. The first-order valence-electron chi connectivity index (χ1n) is 7.38. The number of hydrogen-bond acceptors (Lipinski definition) is 2. The summed E-state index contributed by atoms with van der Waals surface area (Å²) in [6.45, 7) is 10.0. The molecule has 1 aliphatic rings. The molecule has 0 amide bonds. The summed E-state index contributed by atoms with van der Waals surface area (Å²) in [5, 5.41) is 8.31. The molecule has 3 heteroatoms. The van der Waals surface area contributed by atoms with Crippen LogP contribution in [0.3, 0.4) is 0 Å². The topological polar surface area (TPSA) is 29.9 Å². The molecule has 1 heterocycles. The maximum atomic E-state index is 4.74. The molecule has 18 heavy (non-hydrogen) atoms. The minimum absolute atomic E-state index is 0.477. The zero-order chi connectivity index (χ0) is 13.2. The SMILES string of the molecule is CCNC(C)C1(Cc2ccn(C(C)CC)n2)CC1. The van der Waals surface area contributed by atoms with E-state index < -0.39 is 0 Å². The van der Waals surface area contributed by atoms with Crippen molar-refractivity contribution in [3.63, 3.8) is 0 Å². The standard InChI is InChI=1S/C15H27N3/c1-5-12(3)18-10-7-14(17-18)11-15(8-9-15)13(4)16-6-2/h7,10,12-13,16H,5-6,8-9,11H2,1-4H3. The molecule has 0 spiro atoms. The molecule has 0 bridgehead atoms. The van der Waals surface area contributed by atoms with Crippen LogP contribution in [-0.2, 0) is 6.42 Å². The van der Waals surface area contributed by atoms with Crippen molar-refractivity contribution in [2.24, 2.45) is 5.41 Å². The van der Waals surface area contributed by atoms with Gasteiger partial charge in [0.05, 0.1) is 5.69 Å². The Bertz CT molecular complexity index is 379. The van der Waals surface area contributed by atoms with Crippen LogP contribution in [0.5, 0.6) is 0 Å². The Morgan fingerprint density at radius 2 is 2.11 bits per heavy atom. The van der Waals surface area contributed by atoms with E-state index in [0.717, 1.165) is 19.4 Å². The lowest BCUT2D eigenvalue weighted by molar-refractivity contribution is 0.350. The second-order valence-corrected chi connectivity index (χ2v) is 5.86. The van der Waals surface area contributed by atoms with Gasteiger partial charge in [-0.2, -0.15) is 5.10 Å². The smallest absolute Gasteiger partial charge is 0.0630 e. The Balaban J connectivity index is 1.99. The van der Waals surface area contributed by atoms with E-state index in [9.17, 15) is 0 Å². The quantitative estimate of drug-likeness (QED) is 0.804. The van der Waals surface area contributed by atoms with Gasteiger partial charge in [-0.05, 0) is 57.6 Å². The van der Waals surface area contributed by atoms with Gasteiger partial charge in [-0.25, -0.2) is 0 Å². The van der Waals surface area contributed by atoms with E-state index in [1.807, 2.05) is 0 Å². The van der Waals surface area contributed by atoms with Crippen LogP contribution in [-0.4, -0.2) is 22.4 Å². The summed E-state index contributed by atoms with van der Waals surface area (Å²) in [4.78, 5) is 0. The van der Waals surface area contributed by atoms with Gasteiger partial charge in [0.15, 0.2) is 0 Å². The molecule has 1 saturated carbocycles. The average molecular weight is 249 g/mol. The monoisotopic (exact) mass is 249 g/mol. The molecule has 1 fully saturated rings. The molecule has 0 saturated heterocycles. The van der Waals surface area contributed by atoms with E-state index in [-0.39, 0.29) is 0 Å². The van der Waals surface area contributed by atoms with Gasteiger partial charge in [0.1, 0.15) is 0 Å². The van der Waals surface area contributed by atoms with Crippen molar-refractivity contribution in [2.75, 3.05) is 6.54 Å². The third-order valence-electron chi connectivity index (χ3n) is 4.56. The van der Waals surface area contributed by atoms with Crippen molar-refractivity contribution in [3.8, 4) is 0 Å². The molecular weight excluding hydrogens is 222 g/mol. The van der Waals surface area contributed by atoms with Crippen LogP contribution in [0.4, 0.5) is 0 Å². The van der Waals surface area contributed by atoms with E-state index in [0.29, 0.717) is 17.5 Å². The number of aromatic nitrogens is 2. The van der Waals surface area contributed by atoms with E-state index in [1.54, 1.807) is 0 Å². The van der Waals surface area contributed by atoms with Crippen LogP contribution in [0.15, 0.2) is 12.3 Å². The van der Waals surface area contributed by atoms with Crippen LogP contribution in [0, 0.1) is 5.41 Å². The van der Waals surface area contributed by atoms with Crippen molar-refractivity contribution in [1.82, 2.24) is 15.1 Å². The molecule has 1 N–H and O–H groups in total. The fourth-order valence-electron chi connectivity index (χ4n) is 2.71. The summed E-state index contributed by atoms with van der Waals surface area (Å²) < 4.78 is 2.11. The van der Waals surface area contributed by atoms with E-state index in [4.69, 9.17) is 5.10 Å². The van der Waals surface area contributed by atoms with Gasteiger partial charge in [-0.1, -0.05) is 13.8 Å². The summed E-state index contributed by atoms with van der Waals surface area (Å²) in [6.07, 6.45) is 7.09. The third kappa shape index (κ3) is 2.77. The molecule has 0 radical (unpaired) electrons. The number of rotatable bonds is 7. The predicted molar refractivity (Wildman–Crippen MR) is 75.7 cm³/mol. The first-order valence-corrected chi connectivity index (χ1v) is 7.38. The molecular formula is C15H27N3. The fraction of sp³-hybridized carbons (Fsp3) is 0.800. The molecule has 2 unspecified atom stereocenters. The summed E-state index contributed by atoms with van der Waals surface area (Å²) in [7, 11) is 0. The Labute approximate surface area is 111 Å². The number of nitrogens with zero attached hydrogens (tertiary/aromatic N) is 2. The van der Waals surface area contributed by atoms with Crippen molar-refractivity contribution in [1.29, 1.82) is 0 Å². The van der Waals surface area contributed by atoms with E-state index in [2.05, 4.69) is 50.0 Å². The minimum Gasteiger partial charge on any atom is -0.314 e. The number of hydrogen-bond donors (Lipinski definition) is 1. The minimum atomic E-state index is 0.477. The third-order valence-corrected chi connectivity index (χ3v) is 4.56. The van der Waals surface area contributed by atoms with Crippen LogP contribution in [0.2, 0.25) is 0 Å². The molecule has 1 aliphatic carbocycles. The maximum Gasteiger partial charge on any atom is 0.0630 e. The van der Waals surface area contributed by atoms with E-state index >= 15 is 0 Å². The molecule has 1 aromatic heterocycles. The Kier molecular flexibility index (Phi) is 4.10. The van der Waals surface area contributed by atoms with Crippen molar-refractivity contribution in [3.05, 3.63) is 18.0 Å². The Morgan fingerprint density at radius 1 is 1.39 bits per heavy atom. The van der Waals surface area contributed by atoms with Crippen LogP contribution in [0.25, 0.3) is 0 Å². The van der Waals surface area contributed by atoms with Gasteiger partial charge in [0.25, 0.3) is 0 Å². The van der Waals surface area contributed by atoms with Crippen LogP contribution < -0.4 is 5.32 Å². The van der Waals surface area contributed by atoms with Gasteiger partial charge in [0, 0.05) is 18.3 Å². The summed E-state index contributed by atoms with van der Waals surface area (Å²) in [5.74, 6) is 0. The normalized spacial score (nSPS) is 20.7. The van der Waals surface area contributed by atoms with Crippen LogP contribution >= 0.6 is 0 Å². The Hall–Kier alpha value is -0.830. The molecule has 0 aliphatic heterocycles. The highest BCUT2D eigenvalue weighted by atomic mass is 15.3. The average Bonchev–Trinajstić information content (AvgIpc) is 2.99. The molecule has 2 rings (SSSR count). The van der Waals surface area contributed by atoms with E-state index in [1.165, 1.54) is 18.5 Å². The molecule has 2 atom stereocenters. The zero-order valence-electron chi connectivity index (χ0n) is 12.2. The second-order valence-electron chi connectivity index (χ2n) is 5.86. The van der Waals surface area contributed by atoms with Crippen molar-refractivity contribution >= 4 is 0 Å². The van der Waals surface area contributed by atoms with Gasteiger partial charge >= 0.3 is 0 Å². The summed E-state index contributed by atoms with van der Waals surface area (Å²) in [6, 6.07) is 3.32. The summed E-state index contributed by atoms with van der Waals surface area (Å²) in [5.41, 5.74) is 1.74. The van der Waals surface area contributed by atoms with Gasteiger partial charge in [-0.15, -0.1) is 0 Å². The lowest BCUT2D eigenvalue weighted by atomic mass is 9.92.